The molecule has 1 saturated heterocycles. The third-order valence-corrected chi connectivity index (χ3v) is 8.67. The number of nitrogens with zero attached hydrogens (tertiary/aromatic N) is 2. The molecule has 1 unspecified atom stereocenters. The monoisotopic (exact) mass is 469 g/mol. The van der Waals surface area contributed by atoms with Crippen LogP contribution in [0.4, 0.5) is 5.13 Å². The van der Waals surface area contributed by atoms with E-state index in [0.717, 1.165) is 27.4 Å². The number of para-hydroxylation sites is 1. The summed E-state index contributed by atoms with van der Waals surface area (Å²) in [6.45, 7) is 2.92. The van der Waals surface area contributed by atoms with Gasteiger partial charge in [-0.3, -0.25) is 4.79 Å². The number of ether oxygens (including phenoxy) is 1. The standard InChI is InChI=1S/C23H23N3O4S2/c1-15-8-10-17(11-9-15)32(28,29)26-12-4-5-16(13-26)22(27)25-23-24-21-18-6-2-3-7-19(18)30-14-20(21)31-23/h2-3,6-11,16H,4-5,12-14H2,1H3,(H,24,25,27). The van der Waals surface area contributed by atoms with Gasteiger partial charge in [0.1, 0.15) is 12.4 Å². The maximum absolute atomic E-state index is 13.0. The number of carbonyl (C=O) groups is 1. The van der Waals surface area contributed by atoms with E-state index in [1.54, 1.807) is 24.3 Å². The third-order valence-electron chi connectivity index (χ3n) is 5.84. The summed E-state index contributed by atoms with van der Waals surface area (Å²) in [6, 6.07) is 14.5. The molecule has 0 spiro atoms. The van der Waals surface area contributed by atoms with E-state index in [9.17, 15) is 13.2 Å². The molecule has 2 aromatic carbocycles. The van der Waals surface area contributed by atoms with Gasteiger partial charge >= 0.3 is 0 Å². The summed E-state index contributed by atoms with van der Waals surface area (Å²) >= 11 is 1.40. The molecule has 0 saturated carbocycles. The van der Waals surface area contributed by atoms with Crippen LogP contribution in [0.25, 0.3) is 11.3 Å². The Kier molecular flexibility index (Phi) is 5.48. The molecule has 5 rings (SSSR count). The molecule has 0 radical (unpaired) electrons. The summed E-state index contributed by atoms with van der Waals surface area (Å²) in [5.41, 5.74) is 2.75. The van der Waals surface area contributed by atoms with Crippen LogP contribution in [0, 0.1) is 12.8 Å². The SMILES string of the molecule is Cc1ccc(S(=O)(=O)N2CCCC(C(=O)Nc3nc4c(s3)COc3ccccc3-4)C2)cc1. The Bertz CT molecular complexity index is 1270. The smallest absolute Gasteiger partial charge is 0.243 e. The van der Waals surface area contributed by atoms with Crippen LogP contribution >= 0.6 is 11.3 Å². The van der Waals surface area contributed by atoms with Gasteiger partial charge in [0.2, 0.25) is 15.9 Å². The highest BCUT2D eigenvalue weighted by Gasteiger charge is 2.34. The number of aromatic nitrogens is 1. The van der Waals surface area contributed by atoms with E-state index in [2.05, 4.69) is 10.3 Å². The highest BCUT2D eigenvalue weighted by Crippen LogP contribution is 2.40. The predicted molar refractivity (Wildman–Crippen MR) is 123 cm³/mol. The topological polar surface area (TPSA) is 88.6 Å². The first-order valence-electron chi connectivity index (χ1n) is 10.5. The lowest BCUT2D eigenvalue weighted by Gasteiger charge is -2.31. The number of hydrogen-bond donors (Lipinski definition) is 1. The number of fused-ring (bicyclic) bond motifs is 3. The molecule has 3 aromatic rings. The van der Waals surface area contributed by atoms with Gasteiger partial charge < -0.3 is 10.1 Å². The molecule has 1 amide bonds. The molecule has 7 nitrogen and oxygen atoms in total. The summed E-state index contributed by atoms with van der Waals surface area (Å²) in [5.74, 6) is 0.162. The van der Waals surface area contributed by atoms with Crippen LogP contribution in [0.5, 0.6) is 5.75 Å². The summed E-state index contributed by atoms with van der Waals surface area (Å²) in [7, 11) is -3.63. The Morgan fingerprint density at radius 2 is 1.97 bits per heavy atom. The Balaban J connectivity index is 1.31. The van der Waals surface area contributed by atoms with Gasteiger partial charge in [-0.05, 0) is 44.0 Å². The molecule has 3 heterocycles. The fourth-order valence-electron chi connectivity index (χ4n) is 4.09. The van der Waals surface area contributed by atoms with Crippen LogP contribution in [-0.4, -0.2) is 36.7 Å². The Morgan fingerprint density at radius 3 is 2.78 bits per heavy atom. The molecule has 9 heteroatoms. The fraction of sp³-hybridized carbons (Fsp3) is 0.304. The summed E-state index contributed by atoms with van der Waals surface area (Å²) in [6.07, 6.45) is 1.28. The number of sulfonamides is 1. The molecule has 1 atom stereocenters. The lowest BCUT2D eigenvalue weighted by molar-refractivity contribution is -0.120. The van der Waals surface area contributed by atoms with Gasteiger partial charge in [0.05, 0.1) is 21.4 Å². The normalized spacial score (nSPS) is 18.3. The van der Waals surface area contributed by atoms with Gasteiger partial charge in [-0.15, -0.1) is 0 Å². The average Bonchev–Trinajstić information content (AvgIpc) is 3.22. The first-order valence-corrected chi connectivity index (χ1v) is 12.8. The number of benzene rings is 2. The molecule has 166 valence electrons. The quantitative estimate of drug-likeness (QED) is 0.623. The van der Waals surface area contributed by atoms with Crippen molar-refractivity contribution in [3.05, 3.63) is 59.0 Å². The van der Waals surface area contributed by atoms with E-state index in [1.165, 1.54) is 15.6 Å². The minimum atomic E-state index is -3.63. The third kappa shape index (κ3) is 3.92. The molecule has 2 aliphatic heterocycles. The highest BCUT2D eigenvalue weighted by molar-refractivity contribution is 7.89. The second kappa shape index (κ2) is 8.31. The summed E-state index contributed by atoms with van der Waals surface area (Å²) in [4.78, 5) is 18.8. The van der Waals surface area contributed by atoms with Crippen molar-refractivity contribution < 1.29 is 17.9 Å². The zero-order chi connectivity index (χ0) is 22.3. The number of hydrogen-bond acceptors (Lipinski definition) is 6. The maximum Gasteiger partial charge on any atom is 0.243 e. The van der Waals surface area contributed by atoms with Gasteiger partial charge in [-0.1, -0.05) is 41.2 Å². The van der Waals surface area contributed by atoms with Crippen LogP contribution in [0.3, 0.4) is 0 Å². The van der Waals surface area contributed by atoms with Gasteiger partial charge in [0.25, 0.3) is 0 Å². The van der Waals surface area contributed by atoms with Crippen molar-refractivity contribution in [1.29, 1.82) is 0 Å². The van der Waals surface area contributed by atoms with Crippen molar-refractivity contribution >= 4 is 32.4 Å². The van der Waals surface area contributed by atoms with Gasteiger partial charge in [0.15, 0.2) is 5.13 Å². The Labute approximate surface area is 191 Å². The highest BCUT2D eigenvalue weighted by atomic mass is 32.2. The number of thiazole rings is 1. The van der Waals surface area contributed by atoms with Gasteiger partial charge in [0, 0.05) is 18.7 Å². The zero-order valence-electron chi connectivity index (χ0n) is 17.6. The van der Waals surface area contributed by atoms with E-state index in [1.807, 2.05) is 31.2 Å². The van der Waals surface area contributed by atoms with Crippen molar-refractivity contribution in [1.82, 2.24) is 9.29 Å². The Morgan fingerprint density at radius 1 is 1.19 bits per heavy atom. The number of carbonyl (C=O) groups excluding carboxylic acids is 1. The van der Waals surface area contributed by atoms with E-state index in [0.29, 0.717) is 31.1 Å². The van der Waals surface area contributed by atoms with Crippen LogP contribution < -0.4 is 10.1 Å². The molecule has 1 fully saturated rings. The minimum absolute atomic E-state index is 0.166. The van der Waals surface area contributed by atoms with Crippen molar-refractivity contribution in [3.8, 4) is 17.0 Å². The van der Waals surface area contributed by atoms with Crippen molar-refractivity contribution in [3.63, 3.8) is 0 Å². The second-order valence-electron chi connectivity index (χ2n) is 8.08. The first-order chi connectivity index (χ1) is 15.4. The van der Waals surface area contributed by atoms with E-state index >= 15 is 0 Å². The van der Waals surface area contributed by atoms with Gasteiger partial charge in [-0.2, -0.15) is 4.31 Å². The minimum Gasteiger partial charge on any atom is -0.487 e. The number of amides is 1. The average molecular weight is 470 g/mol. The number of anilines is 1. The maximum atomic E-state index is 13.0. The molecule has 0 bridgehead atoms. The molecule has 2 aliphatic rings. The van der Waals surface area contributed by atoms with Crippen LogP contribution in [0.2, 0.25) is 0 Å². The summed E-state index contributed by atoms with van der Waals surface area (Å²) in [5, 5.41) is 3.42. The molecule has 32 heavy (non-hydrogen) atoms. The molecular formula is C23H23N3O4S2. The van der Waals surface area contributed by atoms with E-state index < -0.39 is 15.9 Å². The fourth-order valence-corrected chi connectivity index (χ4v) is 6.50. The largest absolute Gasteiger partial charge is 0.487 e. The van der Waals surface area contributed by atoms with Gasteiger partial charge in [-0.25, -0.2) is 13.4 Å². The first kappa shape index (κ1) is 21.1. The zero-order valence-corrected chi connectivity index (χ0v) is 19.2. The van der Waals surface area contributed by atoms with E-state index in [-0.39, 0.29) is 17.3 Å². The number of rotatable bonds is 4. The van der Waals surface area contributed by atoms with E-state index in [4.69, 9.17) is 4.74 Å². The lowest BCUT2D eigenvalue weighted by atomic mass is 9.99. The predicted octanol–water partition coefficient (Wildman–Crippen LogP) is 4.05. The lowest BCUT2D eigenvalue weighted by Crippen LogP contribution is -2.43. The van der Waals surface area contributed by atoms with Crippen molar-refractivity contribution in [2.45, 2.75) is 31.3 Å². The molecule has 0 aliphatic carbocycles. The summed E-state index contributed by atoms with van der Waals surface area (Å²) < 4.78 is 33.3. The second-order valence-corrected chi connectivity index (χ2v) is 11.1. The number of piperidine rings is 1. The van der Waals surface area contributed by atoms with Crippen molar-refractivity contribution in [2.75, 3.05) is 18.4 Å². The van der Waals surface area contributed by atoms with Crippen LogP contribution in [0.15, 0.2) is 53.4 Å². The van der Waals surface area contributed by atoms with Crippen molar-refractivity contribution in [2.24, 2.45) is 5.92 Å². The van der Waals surface area contributed by atoms with Crippen LogP contribution in [-0.2, 0) is 21.4 Å². The molecule has 1 aromatic heterocycles. The molecular weight excluding hydrogens is 446 g/mol. The molecule has 1 N–H and O–H groups in total. The number of nitrogens with one attached hydrogen (secondary N) is 1. The number of aryl methyl sites for hydroxylation is 1. The Hall–Kier alpha value is -2.75. The van der Waals surface area contributed by atoms with Crippen LogP contribution in [0.1, 0.15) is 23.3 Å².